The van der Waals surface area contributed by atoms with E-state index in [-0.39, 0.29) is 29.3 Å². The van der Waals surface area contributed by atoms with E-state index in [2.05, 4.69) is 119 Å². The highest BCUT2D eigenvalue weighted by Crippen LogP contribution is 2.73. The van der Waals surface area contributed by atoms with E-state index >= 15 is 4.79 Å². The van der Waals surface area contributed by atoms with Crippen molar-refractivity contribution in [2.75, 3.05) is 58.8 Å². The van der Waals surface area contributed by atoms with Crippen LogP contribution in [0.1, 0.15) is 97.8 Å². The Bertz CT molecular complexity index is 2380. The lowest BCUT2D eigenvalue weighted by molar-refractivity contribution is -0.176. The van der Waals surface area contributed by atoms with Crippen LogP contribution in [0.25, 0.3) is 11.8 Å². The summed E-state index contributed by atoms with van der Waals surface area (Å²) in [5, 5.41) is 3.79. The van der Waals surface area contributed by atoms with Crippen molar-refractivity contribution < 1.29 is 33.3 Å². The van der Waals surface area contributed by atoms with E-state index in [1.54, 1.807) is 18.7 Å². The number of Topliss-reactive ketones (excluding diaryl/α,β-unsaturated/α-hetero) is 1. The molecule has 3 saturated carbocycles. The molecule has 6 unspecified atom stereocenters. The molecule has 6 atom stereocenters. The third kappa shape index (κ3) is 7.20. The minimum absolute atomic E-state index is 0.0279. The first-order valence-electron chi connectivity index (χ1n) is 22.9. The zero-order chi connectivity index (χ0) is 44.6. The summed E-state index contributed by atoms with van der Waals surface area (Å²) in [6, 6.07) is 8.40. The summed E-state index contributed by atoms with van der Waals surface area (Å²) < 4.78 is 35.0. The van der Waals surface area contributed by atoms with Crippen LogP contribution in [-0.2, 0) is 25.5 Å². The van der Waals surface area contributed by atoms with Crippen molar-refractivity contribution in [2.45, 2.75) is 120 Å². The summed E-state index contributed by atoms with van der Waals surface area (Å²) in [5.41, 5.74) is 4.49. The van der Waals surface area contributed by atoms with Gasteiger partial charge in [-0.15, -0.1) is 11.8 Å². The summed E-state index contributed by atoms with van der Waals surface area (Å²) in [7, 11) is 3.56. The zero-order valence-corrected chi connectivity index (χ0v) is 39.7. The highest BCUT2D eigenvalue weighted by Gasteiger charge is 2.83. The molecular formula is C52H65N3O7S. The number of methoxy groups -OCH3 is 1. The Labute approximate surface area is 378 Å². The van der Waals surface area contributed by atoms with Crippen LogP contribution >= 0.6 is 11.8 Å². The molecule has 336 valence electrons. The molecule has 2 aromatic carbocycles. The number of allylic oxidation sites excluding steroid dienone is 4. The first kappa shape index (κ1) is 43.9. The van der Waals surface area contributed by atoms with Gasteiger partial charge in [0.25, 0.3) is 0 Å². The first-order chi connectivity index (χ1) is 30.0. The number of thioether (sulfide) groups is 1. The summed E-state index contributed by atoms with van der Waals surface area (Å²) >= 11 is 1.75. The second-order valence-electron chi connectivity index (χ2n) is 20.0. The fourth-order valence-corrected chi connectivity index (χ4v) is 12.8. The van der Waals surface area contributed by atoms with Gasteiger partial charge < -0.3 is 33.9 Å². The van der Waals surface area contributed by atoms with Crippen LogP contribution in [0, 0.1) is 11.8 Å². The number of ether oxygens (including phenoxy) is 5. The lowest BCUT2D eigenvalue weighted by Crippen LogP contribution is -2.75. The molecule has 0 aromatic heterocycles. The lowest BCUT2D eigenvalue weighted by Gasteiger charge is -2.61. The summed E-state index contributed by atoms with van der Waals surface area (Å²) in [6.07, 6.45) is 13.7. The number of anilines is 1. The van der Waals surface area contributed by atoms with Crippen molar-refractivity contribution in [1.29, 1.82) is 0 Å². The molecule has 2 aromatic rings. The molecule has 0 radical (unpaired) electrons. The standard InChI is InChI=1S/C52H65N3O7S/c1-31(2)14-13-21-50(8)22-20-35-43(60-50)34(18-17-32(3)4)45-40(44(35)59-29-28-55-26-24-54(9)25-27-55)42-41-46(63-38-16-12-11-15-37(38)53-42)36-30-39-49(6,7)62-51(47(36)56,52(39,41)61-45)23-19-33(5)48(57)58-10/h11-12,14-17,19-20,22,36,39,46,53H,13,18,21,23-30H2,1-10H3/b33-19-. The SMILES string of the molecule is COC(=O)/C(C)=C\CC12OC(C)(C)C3CC(C1=O)C1Sc4ccccc4NC4=C1C32Oc1c(CC=C(C)C)c2c(c(OCCN3CCN(C)CC3)c14)C=CC(C)(CCC=C(C)C)O2. The van der Waals surface area contributed by atoms with Crippen molar-refractivity contribution in [1.82, 2.24) is 9.80 Å². The summed E-state index contributed by atoms with van der Waals surface area (Å²) in [6.45, 7) is 21.9. The molecule has 10 nitrogen and oxygen atoms in total. The van der Waals surface area contributed by atoms with Gasteiger partial charge in [-0.2, -0.15) is 0 Å². The maximum absolute atomic E-state index is 15.7. The molecule has 3 aliphatic carbocycles. The van der Waals surface area contributed by atoms with Crippen molar-refractivity contribution >= 4 is 41.0 Å². The molecule has 0 amide bonds. The van der Waals surface area contributed by atoms with E-state index in [0.717, 1.165) is 95.6 Å². The predicted molar refractivity (Wildman–Crippen MR) is 251 cm³/mol. The molecule has 1 spiro atoms. The van der Waals surface area contributed by atoms with Crippen LogP contribution in [0.3, 0.4) is 0 Å². The topological polar surface area (TPSA) is 98.8 Å². The number of benzene rings is 2. The van der Waals surface area contributed by atoms with Crippen molar-refractivity contribution in [2.24, 2.45) is 11.8 Å². The number of fused-ring (bicyclic) bond motifs is 4. The Morgan fingerprint density at radius 3 is 2.46 bits per heavy atom. The van der Waals surface area contributed by atoms with Crippen LogP contribution in [-0.4, -0.2) is 103 Å². The predicted octanol–water partition coefficient (Wildman–Crippen LogP) is 9.44. The third-order valence-electron chi connectivity index (χ3n) is 14.6. The fraction of sp³-hybridized carbons (Fsp3) is 0.538. The smallest absolute Gasteiger partial charge is 0.333 e. The number of likely N-dealkylation sites (N-methyl/N-ethyl adjacent to an activating group) is 1. The highest BCUT2D eigenvalue weighted by atomic mass is 32.2. The minimum Gasteiger partial charge on any atom is -0.491 e. The Balaban J connectivity index is 1.32. The molecule has 63 heavy (non-hydrogen) atoms. The second-order valence-corrected chi connectivity index (χ2v) is 21.1. The average molecular weight is 876 g/mol. The number of carbonyl (C=O) groups excluding carboxylic acids is 2. The lowest BCUT2D eigenvalue weighted by atomic mass is 9.49. The number of nitrogens with zero attached hydrogens (tertiary/aromatic N) is 2. The van der Waals surface area contributed by atoms with Crippen LogP contribution in [0.15, 0.2) is 75.8 Å². The number of para-hydroxylation sites is 1. The van der Waals surface area contributed by atoms with Gasteiger partial charge in [0, 0.05) is 77.8 Å². The van der Waals surface area contributed by atoms with E-state index in [9.17, 15) is 4.79 Å². The van der Waals surface area contributed by atoms with Gasteiger partial charge in [-0.05, 0) is 112 Å². The molecular weight excluding hydrogens is 811 g/mol. The number of piperazine rings is 1. The van der Waals surface area contributed by atoms with Gasteiger partial charge in [0.05, 0.1) is 35.2 Å². The van der Waals surface area contributed by atoms with Crippen molar-refractivity contribution in [3.63, 3.8) is 0 Å². The average Bonchev–Trinajstić information content (AvgIpc) is 3.32. The van der Waals surface area contributed by atoms with E-state index in [1.807, 2.05) is 6.08 Å². The number of hydrogen-bond donors (Lipinski definition) is 1. The van der Waals surface area contributed by atoms with Crippen LogP contribution in [0.4, 0.5) is 5.69 Å². The number of rotatable bonds is 12. The fourth-order valence-electron chi connectivity index (χ4n) is 11.3. The van der Waals surface area contributed by atoms with Gasteiger partial charge in [-0.1, -0.05) is 41.5 Å². The maximum atomic E-state index is 15.7. The first-order valence-corrected chi connectivity index (χ1v) is 23.8. The Kier molecular flexibility index (Phi) is 11.4. The number of ketones is 1. The monoisotopic (exact) mass is 875 g/mol. The van der Waals surface area contributed by atoms with Gasteiger partial charge in [-0.25, -0.2) is 4.79 Å². The van der Waals surface area contributed by atoms with Gasteiger partial charge in [0.15, 0.2) is 17.0 Å². The molecule has 8 aliphatic rings. The Morgan fingerprint density at radius 1 is 0.984 bits per heavy atom. The molecule has 5 fully saturated rings. The second kappa shape index (κ2) is 16.3. The van der Waals surface area contributed by atoms with Gasteiger partial charge in [0.2, 0.25) is 0 Å². The van der Waals surface area contributed by atoms with Crippen LogP contribution in [0.2, 0.25) is 0 Å². The molecule has 11 heteroatoms. The van der Waals surface area contributed by atoms with E-state index in [1.165, 1.54) is 18.3 Å². The van der Waals surface area contributed by atoms with Crippen molar-refractivity contribution in [3.05, 3.63) is 87.6 Å². The molecule has 5 aliphatic heterocycles. The van der Waals surface area contributed by atoms with E-state index in [4.69, 9.17) is 23.7 Å². The van der Waals surface area contributed by atoms with Crippen molar-refractivity contribution in [3.8, 4) is 17.2 Å². The number of carbonyl (C=O) groups is 2. The highest BCUT2D eigenvalue weighted by molar-refractivity contribution is 8.00. The quantitative estimate of drug-likeness (QED) is 0.126. The van der Waals surface area contributed by atoms with Gasteiger partial charge in [0.1, 0.15) is 29.5 Å². The summed E-state index contributed by atoms with van der Waals surface area (Å²) in [4.78, 5) is 34.5. The molecule has 4 bridgehead atoms. The molecule has 10 rings (SSSR count). The normalized spacial score (nSPS) is 29.8. The third-order valence-corrected chi connectivity index (χ3v) is 16.0. The number of esters is 1. The largest absolute Gasteiger partial charge is 0.491 e. The Morgan fingerprint density at radius 2 is 1.73 bits per heavy atom. The van der Waals surface area contributed by atoms with E-state index < -0.39 is 28.4 Å². The zero-order valence-electron chi connectivity index (χ0n) is 38.9. The Hall–Kier alpha value is -4.29. The number of hydrogen-bond acceptors (Lipinski definition) is 11. The number of nitrogens with one attached hydrogen (secondary N) is 1. The molecule has 5 heterocycles. The summed E-state index contributed by atoms with van der Waals surface area (Å²) in [5.74, 6) is 1.18. The van der Waals surface area contributed by atoms with Gasteiger partial charge in [-0.3, -0.25) is 9.69 Å². The maximum Gasteiger partial charge on any atom is 0.333 e. The van der Waals surface area contributed by atoms with E-state index in [0.29, 0.717) is 30.8 Å². The minimum atomic E-state index is -1.43. The molecule has 1 N–H and O–H groups in total. The van der Waals surface area contributed by atoms with Crippen LogP contribution in [0.5, 0.6) is 17.2 Å². The molecule has 2 saturated heterocycles. The van der Waals surface area contributed by atoms with Gasteiger partial charge >= 0.3 is 5.97 Å². The van der Waals surface area contributed by atoms with Crippen LogP contribution < -0.4 is 19.5 Å².